The number of rotatable bonds is 9. The maximum absolute atomic E-state index is 12.6. The summed E-state index contributed by atoms with van der Waals surface area (Å²) in [4.78, 5) is 32.9. The number of benzene rings is 2. The number of carbonyl (C=O) groups is 1. The molecule has 1 N–H and O–H groups in total. The van der Waals surface area contributed by atoms with Crippen LogP contribution in [-0.4, -0.2) is 54.2 Å². The molecule has 3 aromatic heterocycles. The van der Waals surface area contributed by atoms with E-state index in [1.807, 2.05) is 94.2 Å². The van der Waals surface area contributed by atoms with Crippen LogP contribution in [0.3, 0.4) is 0 Å². The molecular formula is C32H36N8O2. The number of anilines is 3. The van der Waals surface area contributed by atoms with Crippen molar-refractivity contribution in [3.05, 3.63) is 90.3 Å². The van der Waals surface area contributed by atoms with Crippen LogP contribution in [0.2, 0.25) is 0 Å². The minimum atomic E-state index is -0.521. The van der Waals surface area contributed by atoms with Gasteiger partial charge < -0.3 is 10.1 Å². The number of esters is 1. The van der Waals surface area contributed by atoms with Gasteiger partial charge in [0.05, 0.1) is 5.92 Å². The van der Waals surface area contributed by atoms with Gasteiger partial charge in [-0.05, 0) is 58.2 Å². The smallest absolute Gasteiger partial charge is 0.313 e. The van der Waals surface area contributed by atoms with Gasteiger partial charge >= 0.3 is 5.97 Å². The quantitative estimate of drug-likeness (QED) is 0.221. The van der Waals surface area contributed by atoms with E-state index in [-0.39, 0.29) is 17.9 Å². The zero-order valence-electron chi connectivity index (χ0n) is 24.8. The van der Waals surface area contributed by atoms with Gasteiger partial charge in [0.25, 0.3) is 0 Å². The molecule has 2 unspecified atom stereocenters. The molecule has 216 valence electrons. The minimum Gasteiger partial charge on any atom is -0.460 e. The lowest BCUT2D eigenvalue weighted by Crippen LogP contribution is -2.27. The number of fused-ring (bicyclic) bond motifs is 1. The largest absolute Gasteiger partial charge is 0.460 e. The fourth-order valence-electron chi connectivity index (χ4n) is 4.59. The second-order valence-electron chi connectivity index (χ2n) is 11.4. The van der Waals surface area contributed by atoms with Crippen LogP contribution in [-0.2, 0) is 16.0 Å². The minimum absolute atomic E-state index is 0.0305. The summed E-state index contributed by atoms with van der Waals surface area (Å²) < 4.78 is 7.29. The molecule has 0 saturated heterocycles. The summed E-state index contributed by atoms with van der Waals surface area (Å²) in [5, 5.41) is 8.11. The first-order valence-electron chi connectivity index (χ1n) is 14.0. The lowest BCUT2D eigenvalue weighted by molar-refractivity contribution is -0.156. The third kappa shape index (κ3) is 6.71. The molecule has 5 rings (SSSR count). The highest BCUT2D eigenvalue weighted by Gasteiger charge is 2.23. The van der Waals surface area contributed by atoms with Gasteiger partial charge in [-0.2, -0.15) is 9.50 Å². The number of nitrogens with one attached hydrogen (secondary N) is 1. The molecule has 3 heterocycles. The number of nitrogens with zero attached hydrogens (tertiary/aromatic N) is 7. The lowest BCUT2D eigenvalue weighted by Gasteiger charge is -2.23. The molecule has 5 aromatic rings. The summed E-state index contributed by atoms with van der Waals surface area (Å²) in [7, 11) is 1.89. The van der Waals surface area contributed by atoms with Crippen molar-refractivity contribution in [1.82, 2.24) is 29.5 Å². The second kappa shape index (κ2) is 11.9. The van der Waals surface area contributed by atoms with Crippen molar-refractivity contribution < 1.29 is 9.53 Å². The van der Waals surface area contributed by atoms with Crippen molar-refractivity contribution in [2.45, 2.75) is 58.6 Å². The topological polar surface area (TPSA) is 110 Å². The molecular weight excluding hydrogens is 528 g/mol. The van der Waals surface area contributed by atoms with Gasteiger partial charge in [0, 0.05) is 37.1 Å². The molecule has 0 amide bonds. The summed E-state index contributed by atoms with van der Waals surface area (Å²) in [5.74, 6) is 1.78. The van der Waals surface area contributed by atoms with Crippen LogP contribution in [0.1, 0.15) is 51.7 Å². The predicted molar refractivity (Wildman–Crippen MR) is 164 cm³/mol. The van der Waals surface area contributed by atoms with E-state index in [1.54, 1.807) is 16.9 Å². The van der Waals surface area contributed by atoms with E-state index in [0.717, 1.165) is 23.1 Å². The van der Waals surface area contributed by atoms with Crippen molar-refractivity contribution in [2.24, 2.45) is 0 Å². The SMILES string of the molecule is CC(Cc1cccc(C(C)C(=O)OC(C)(C)C)c1)Nc1nccc(N(C)c2nccc3nc(-c4ccccc4)nn23)n1. The highest BCUT2D eigenvalue weighted by molar-refractivity contribution is 5.78. The van der Waals surface area contributed by atoms with E-state index < -0.39 is 5.60 Å². The maximum atomic E-state index is 12.6. The first-order chi connectivity index (χ1) is 20.1. The Hall–Kier alpha value is -4.86. The average Bonchev–Trinajstić information content (AvgIpc) is 3.41. The van der Waals surface area contributed by atoms with Crippen LogP contribution in [0, 0.1) is 0 Å². The zero-order valence-corrected chi connectivity index (χ0v) is 24.8. The van der Waals surface area contributed by atoms with Crippen molar-refractivity contribution in [1.29, 1.82) is 0 Å². The van der Waals surface area contributed by atoms with E-state index in [4.69, 9.17) is 14.8 Å². The van der Waals surface area contributed by atoms with Gasteiger partial charge in [-0.15, -0.1) is 5.10 Å². The molecule has 42 heavy (non-hydrogen) atoms. The number of hydrogen-bond acceptors (Lipinski definition) is 9. The van der Waals surface area contributed by atoms with E-state index in [1.165, 1.54) is 0 Å². The fraction of sp³-hybridized carbons (Fsp3) is 0.312. The molecule has 0 aliphatic heterocycles. The monoisotopic (exact) mass is 564 g/mol. The Morgan fingerprint density at radius 1 is 0.976 bits per heavy atom. The normalized spacial score (nSPS) is 13.0. The first kappa shape index (κ1) is 28.7. The fourth-order valence-corrected chi connectivity index (χ4v) is 4.59. The first-order valence-corrected chi connectivity index (χ1v) is 14.0. The van der Waals surface area contributed by atoms with Gasteiger partial charge in [-0.1, -0.05) is 54.6 Å². The van der Waals surface area contributed by atoms with Crippen LogP contribution in [0.15, 0.2) is 79.1 Å². The Morgan fingerprint density at radius 3 is 2.50 bits per heavy atom. The van der Waals surface area contributed by atoms with Crippen LogP contribution in [0.25, 0.3) is 17.0 Å². The molecule has 0 spiro atoms. The van der Waals surface area contributed by atoms with Crippen molar-refractivity contribution in [3.8, 4) is 11.4 Å². The van der Waals surface area contributed by atoms with E-state index in [0.29, 0.717) is 29.2 Å². The van der Waals surface area contributed by atoms with E-state index in [2.05, 4.69) is 39.3 Å². The summed E-state index contributed by atoms with van der Waals surface area (Å²) in [6, 6.07) is 21.6. The van der Waals surface area contributed by atoms with E-state index in [9.17, 15) is 4.79 Å². The second-order valence-corrected chi connectivity index (χ2v) is 11.4. The molecule has 2 atom stereocenters. The number of carbonyl (C=O) groups excluding carboxylic acids is 1. The van der Waals surface area contributed by atoms with Gasteiger partial charge in [0.2, 0.25) is 11.9 Å². The predicted octanol–water partition coefficient (Wildman–Crippen LogP) is 5.84. The van der Waals surface area contributed by atoms with Crippen molar-refractivity contribution in [2.75, 3.05) is 17.3 Å². The van der Waals surface area contributed by atoms with Crippen LogP contribution < -0.4 is 10.2 Å². The Labute approximate surface area is 245 Å². The molecule has 0 radical (unpaired) electrons. The molecule has 0 bridgehead atoms. The van der Waals surface area contributed by atoms with Crippen molar-refractivity contribution >= 4 is 29.3 Å². The van der Waals surface area contributed by atoms with Gasteiger partial charge in [0.15, 0.2) is 11.5 Å². The number of hydrogen-bond donors (Lipinski definition) is 1. The standard InChI is InChI=1S/C32H36N8O2/c1-21(19-23-11-10-14-25(20-23)22(2)29(41)42-32(3,4)5)35-30-33-17-15-26(37-30)39(6)31-34-18-16-27-36-28(38-40(27)31)24-12-8-7-9-13-24/h7-18,20-22H,19H2,1-6H3,(H,33,35,37). The molecule has 0 aliphatic carbocycles. The third-order valence-corrected chi connectivity index (χ3v) is 6.68. The van der Waals surface area contributed by atoms with Gasteiger partial charge in [-0.25, -0.2) is 15.0 Å². The molecule has 0 aliphatic rings. The highest BCUT2D eigenvalue weighted by atomic mass is 16.6. The Kier molecular flexibility index (Phi) is 8.15. The molecule has 0 fully saturated rings. The average molecular weight is 565 g/mol. The maximum Gasteiger partial charge on any atom is 0.313 e. The number of aromatic nitrogens is 6. The summed E-state index contributed by atoms with van der Waals surface area (Å²) in [6.07, 6.45) is 4.15. The Balaban J connectivity index is 1.29. The van der Waals surface area contributed by atoms with Gasteiger partial charge in [0.1, 0.15) is 11.4 Å². The van der Waals surface area contributed by atoms with Crippen LogP contribution in [0.5, 0.6) is 0 Å². The highest BCUT2D eigenvalue weighted by Crippen LogP contribution is 2.24. The Bertz CT molecular complexity index is 1680. The zero-order chi connectivity index (χ0) is 29.9. The summed E-state index contributed by atoms with van der Waals surface area (Å²) >= 11 is 0. The van der Waals surface area contributed by atoms with Crippen molar-refractivity contribution in [3.63, 3.8) is 0 Å². The Morgan fingerprint density at radius 2 is 1.74 bits per heavy atom. The van der Waals surface area contributed by atoms with Gasteiger partial charge in [-0.3, -0.25) is 9.69 Å². The van der Waals surface area contributed by atoms with E-state index >= 15 is 0 Å². The van der Waals surface area contributed by atoms with Crippen LogP contribution in [0.4, 0.5) is 17.7 Å². The molecule has 0 saturated carbocycles. The molecule has 10 nitrogen and oxygen atoms in total. The van der Waals surface area contributed by atoms with Crippen LogP contribution >= 0.6 is 0 Å². The summed E-state index contributed by atoms with van der Waals surface area (Å²) in [6.45, 7) is 9.59. The number of ether oxygens (including phenoxy) is 1. The molecule has 10 heteroatoms. The lowest BCUT2D eigenvalue weighted by atomic mass is 9.96. The third-order valence-electron chi connectivity index (χ3n) is 6.68. The summed E-state index contributed by atoms with van der Waals surface area (Å²) in [5.41, 5.74) is 3.14. The molecule has 2 aromatic carbocycles.